The highest BCUT2D eigenvalue weighted by Crippen LogP contribution is 2.35. The largest absolute Gasteiger partial charge is 0.508 e. The van der Waals surface area contributed by atoms with E-state index < -0.39 is 125 Å². The highest BCUT2D eigenvalue weighted by atomic mass is 33.1. The van der Waals surface area contributed by atoms with Gasteiger partial charge in [-0.1, -0.05) is 110 Å². The van der Waals surface area contributed by atoms with Crippen molar-refractivity contribution in [3.63, 3.8) is 0 Å². The number of unbranched alkanes of at least 4 members (excludes halogenated alkanes) is 1. The Kier molecular flexibility index (Phi) is 23.4. The number of phenols is 1. The Morgan fingerprint density at radius 2 is 1.38 bits per heavy atom. The fourth-order valence-electron chi connectivity index (χ4n) is 8.85. The third-order valence-corrected chi connectivity index (χ3v) is 16.4. The quantitative estimate of drug-likeness (QED) is 0.0463. The summed E-state index contributed by atoms with van der Waals surface area (Å²) >= 11 is 0. The number of aliphatic carboxylic acids is 1. The molecule has 1 unspecified atom stereocenters. The predicted molar refractivity (Wildman–Crippen MR) is 298 cm³/mol. The topological polar surface area (TPSA) is 363 Å². The third kappa shape index (κ3) is 17.7. The third-order valence-electron chi connectivity index (χ3n) is 13.3. The van der Waals surface area contributed by atoms with Crippen molar-refractivity contribution in [1.82, 2.24) is 41.8 Å². The minimum absolute atomic E-state index is 0.0370. The number of phenolic OH excluding ortho intramolecular Hbond substituents is 1. The molecule has 22 nitrogen and oxygen atoms in total. The maximum absolute atomic E-state index is 15.3. The van der Waals surface area contributed by atoms with E-state index in [0.29, 0.717) is 29.5 Å². The number of amides is 8. The predicted octanol–water partition coefficient (Wildman–Crippen LogP) is 1.13. The number of aromatic amines is 1. The molecule has 78 heavy (non-hydrogen) atoms. The summed E-state index contributed by atoms with van der Waals surface area (Å²) in [7, 11) is 3.47. The number of benzene rings is 3. The highest BCUT2D eigenvalue weighted by Gasteiger charge is 2.40. The average Bonchev–Trinajstić information content (AvgIpc) is 3.81. The minimum Gasteiger partial charge on any atom is -0.508 e. The van der Waals surface area contributed by atoms with Gasteiger partial charge in [0, 0.05) is 54.4 Å². The number of hydrogen-bond acceptors (Lipinski definition) is 14. The molecular formula is C54H73N11O11S2. The van der Waals surface area contributed by atoms with Gasteiger partial charge in [0.05, 0.1) is 12.5 Å². The molecule has 1 saturated heterocycles. The molecule has 0 aliphatic carbocycles. The second kappa shape index (κ2) is 29.6. The van der Waals surface area contributed by atoms with Crippen LogP contribution in [-0.2, 0) is 62.4 Å². The van der Waals surface area contributed by atoms with E-state index in [4.69, 9.17) is 17.2 Å². The van der Waals surface area contributed by atoms with Crippen molar-refractivity contribution in [2.45, 2.75) is 126 Å². The van der Waals surface area contributed by atoms with E-state index in [-0.39, 0.29) is 43.7 Å². The Balaban J connectivity index is 1.70. The van der Waals surface area contributed by atoms with Crippen LogP contribution in [0.2, 0.25) is 0 Å². The van der Waals surface area contributed by atoms with Crippen LogP contribution in [0, 0.1) is 11.8 Å². The van der Waals surface area contributed by atoms with Crippen LogP contribution < -0.4 is 49.1 Å². The molecule has 3 aromatic carbocycles. The van der Waals surface area contributed by atoms with E-state index in [1.807, 2.05) is 24.3 Å². The number of fused-ring (bicyclic) bond motifs is 1. The molecule has 5 rings (SSSR count). The molecule has 1 aliphatic rings. The normalized spacial score (nSPS) is 22.1. The first kappa shape index (κ1) is 61.7. The summed E-state index contributed by atoms with van der Waals surface area (Å²) in [5, 5.41) is 36.0. The van der Waals surface area contributed by atoms with Gasteiger partial charge in [0.2, 0.25) is 47.3 Å². The zero-order chi connectivity index (χ0) is 57.2. The number of nitrogens with one attached hydrogen (secondary N) is 7. The fraction of sp³-hybridized carbons (Fsp3) is 0.463. The number of nitrogens with zero attached hydrogens (tertiary/aromatic N) is 1. The second-order valence-corrected chi connectivity index (χ2v) is 22.6. The van der Waals surface area contributed by atoms with Gasteiger partial charge in [-0.2, -0.15) is 0 Å². The first-order chi connectivity index (χ1) is 37.1. The van der Waals surface area contributed by atoms with E-state index in [1.54, 1.807) is 76.4 Å². The maximum Gasteiger partial charge on any atom is 0.305 e. The zero-order valence-electron chi connectivity index (χ0n) is 44.4. The lowest BCUT2D eigenvalue weighted by Crippen LogP contribution is -2.62. The van der Waals surface area contributed by atoms with Crippen molar-refractivity contribution in [2.24, 2.45) is 29.0 Å². The van der Waals surface area contributed by atoms with Gasteiger partial charge in [-0.3, -0.25) is 43.2 Å². The van der Waals surface area contributed by atoms with Crippen LogP contribution in [0.3, 0.4) is 0 Å². The van der Waals surface area contributed by atoms with Crippen LogP contribution in [0.1, 0.15) is 70.1 Å². The van der Waals surface area contributed by atoms with Crippen LogP contribution in [0.15, 0.2) is 85.1 Å². The van der Waals surface area contributed by atoms with Crippen molar-refractivity contribution in [3.05, 3.63) is 102 Å². The number of rotatable bonds is 19. The van der Waals surface area contributed by atoms with Gasteiger partial charge in [0.25, 0.3) is 0 Å². The molecule has 1 aliphatic heterocycles. The number of carboxylic acids is 1. The summed E-state index contributed by atoms with van der Waals surface area (Å²) in [6, 6.07) is 10.7. The smallest absolute Gasteiger partial charge is 0.305 e. The van der Waals surface area contributed by atoms with Gasteiger partial charge in [-0.05, 0) is 72.5 Å². The van der Waals surface area contributed by atoms with E-state index in [9.17, 15) is 39.0 Å². The number of carboxylic acid groups (broad SMARTS) is 1. The first-order valence-corrected chi connectivity index (χ1v) is 28.2. The number of nitrogens with two attached hydrogens (primary N) is 3. The van der Waals surface area contributed by atoms with E-state index in [1.165, 1.54) is 24.1 Å². The molecule has 9 atom stereocenters. The summed E-state index contributed by atoms with van der Waals surface area (Å²) in [4.78, 5) is 132. The average molecular weight is 1120 g/mol. The number of carbonyl (C=O) groups is 9. The van der Waals surface area contributed by atoms with Crippen molar-refractivity contribution in [3.8, 4) is 5.75 Å². The second-order valence-electron chi connectivity index (χ2n) is 20.0. The molecule has 0 radical (unpaired) electrons. The number of hydrogen-bond donors (Lipinski definition) is 12. The monoisotopic (exact) mass is 1120 g/mol. The standard InChI is InChI=1S/C54H73N11O11S2/c1-29(2)44(47(57)69)63-51(73)41-28-77-78-46(30(3)4)45(64-48(70)36(56)26-43(67)68)53(75)61-40(24-31-13-7-6-8-14-31)54(76)65(5)42(25-33-27-58-37-16-10-9-15-35(33)37)52(74)59-38(17-11-12-22-55)49(71)60-39(50(72)62-41)23-32-18-20-34(66)21-19-32/h6-10,13-16,18-21,27,29-30,36,38-42,44-46,58,66H,11-12,17,22-26,28,55-56H2,1-5H3,(H2,57,69)(H,59,74)(H,60,71)(H,61,75)(H,62,72)(H,63,73)(H,64,70)(H,67,68)/t36-,38-,39-,40-,41-,42-,44-,45-,46?/m0/s1. The van der Waals surface area contributed by atoms with Crippen molar-refractivity contribution < 1.29 is 53.4 Å². The molecule has 15 N–H and O–H groups in total. The lowest BCUT2D eigenvalue weighted by Gasteiger charge is -2.34. The number of H-pyrrole nitrogens is 1. The number of carbonyl (C=O) groups excluding carboxylic acids is 8. The zero-order valence-corrected chi connectivity index (χ0v) is 46.0. The Hall–Kier alpha value is -7.15. The molecule has 8 amide bonds. The van der Waals surface area contributed by atoms with Gasteiger partial charge < -0.3 is 69.2 Å². The molecule has 1 fully saturated rings. The lowest BCUT2D eigenvalue weighted by molar-refractivity contribution is -0.143. The molecule has 1 aromatic heterocycles. The van der Waals surface area contributed by atoms with Gasteiger partial charge in [0.1, 0.15) is 48.0 Å². The van der Waals surface area contributed by atoms with Crippen molar-refractivity contribution in [1.29, 1.82) is 0 Å². The summed E-state index contributed by atoms with van der Waals surface area (Å²) in [5.41, 5.74) is 20.1. The fourth-order valence-corrected chi connectivity index (χ4v) is 12.1. The van der Waals surface area contributed by atoms with Crippen LogP contribution in [0.25, 0.3) is 10.9 Å². The Bertz CT molecular complexity index is 2730. The van der Waals surface area contributed by atoms with Crippen LogP contribution >= 0.6 is 21.6 Å². The maximum atomic E-state index is 15.3. The molecule has 24 heteroatoms. The molecule has 2 heterocycles. The summed E-state index contributed by atoms with van der Waals surface area (Å²) in [6.07, 6.45) is 1.40. The Morgan fingerprint density at radius 1 is 0.769 bits per heavy atom. The molecule has 422 valence electrons. The highest BCUT2D eigenvalue weighted by molar-refractivity contribution is 8.77. The number of para-hydroxylation sites is 1. The summed E-state index contributed by atoms with van der Waals surface area (Å²) in [6.45, 7) is 7.08. The van der Waals surface area contributed by atoms with Gasteiger partial charge in [0.15, 0.2) is 0 Å². The van der Waals surface area contributed by atoms with Crippen LogP contribution in [0.4, 0.5) is 0 Å². The SMILES string of the molecule is CC(C)C1SSC[C@@H](C(=O)N[C@H](C(N)=O)C(C)C)NC(=O)[C@H](Cc2ccc(O)cc2)NC(=O)[C@H](CCCCN)NC(=O)[C@H](Cc2c[nH]c3ccccc23)N(C)C(=O)[C@H](Cc2ccccc2)NC(=O)[C@H]1NC(=O)[C@@H](N)CC(=O)O. The van der Waals surface area contributed by atoms with Gasteiger partial charge >= 0.3 is 5.97 Å². The van der Waals surface area contributed by atoms with Crippen LogP contribution in [-0.4, -0.2) is 146 Å². The number of aromatic nitrogens is 1. The van der Waals surface area contributed by atoms with Gasteiger partial charge in [-0.25, -0.2) is 0 Å². The van der Waals surface area contributed by atoms with E-state index in [2.05, 4.69) is 36.9 Å². The number of aromatic hydroxyl groups is 1. The lowest BCUT2D eigenvalue weighted by atomic mass is 9.98. The Labute approximate surface area is 461 Å². The number of primary amides is 1. The number of likely N-dealkylation sites (N-methyl/N-ethyl adjacent to an activating group) is 1. The Morgan fingerprint density at radius 3 is 2.03 bits per heavy atom. The summed E-state index contributed by atoms with van der Waals surface area (Å²) < 4.78 is 0. The molecule has 0 spiro atoms. The molecular weight excluding hydrogens is 1040 g/mol. The molecule has 0 bridgehead atoms. The summed E-state index contributed by atoms with van der Waals surface area (Å²) in [5.74, 6) is -9.29. The van der Waals surface area contributed by atoms with Crippen molar-refractivity contribution in [2.75, 3.05) is 19.3 Å². The first-order valence-electron chi connectivity index (χ1n) is 25.8. The van der Waals surface area contributed by atoms with Crippen LogP contribution in [0.5, 0.6) is 5.75 Å². The molecule has 0 saturated carbocycles. The van der Waals surface area contributed by atoms with E-state index in [0.717, 1.165) is 32.5 Å². The van der Waals surface area contributed by atoms with E-state index >= 15 is 14.4 Å². The van der Waals surface area contributed by atoms with Crippen molar-refractivity contribution >= 4 is 85.7 Å². The van der Waals surface area contributed by atoms with Gasteiger partial charge in [-0.15, -0.1) is 0 Å². The molecule has 4 aromatic rings. The minimum atomic E-state index is -1.60.